The highest BCUT2D eigenvalue weighted by atomic mass is 16.3. The van der Waals surface area contributed by atoms with Crippen molar-refractivity contribution in [1.29, 1.82) is 0 Å². The Kier molecular flexibility index (Phi) is 7.71. The third-order valence-corrected chi connectivity index (χ3v) is 11.0. The van der Waals surface area contributed by atoms with Gasteiger partial charge in [0.25, 0.3) is 0 Å². The zero-order chi connectivity index (χ0) is 37.9. The molecular weight excluding hydrogens is 699 g/mol. The Morgan fingerprint density at radius 2 is 1.30 bits per heavy atom. The molecule has 0 radical (unpaired) electrons. The van der Waals surface area contributed by atoms with Crippen molar-refractivity contribution < 1.29 is 8.83 Å². The van der Waals surface area contributed by atoms with Crippen molar-refractivity contribution in [3.63, 3.8) is 0 Å². The summed E-state index contributed by atoms with van der Waals surface area (Å²) < 4.78 is 13.5. The molecule has 0 spiro atoms. The second-order valence-corrected chi connectivity index (χ2v) is 14.5. The number of aliphatic imine (C=N–C) groups is 2. The predicted molar refractivity (Wildman–Crippen MR) is 237 cm³/mol. The summed E-state index contributed by atoms with van der Waals surface area (Å²) in [5.74, 6) is 1.41. The lowest BCUT2D eigenvalue weighted by Gasteiger charge is -2.24. The van der Waals surface area contributed by atoms with Crippen LogP contribution in [0.3, 0.4) is 0 Å². The van der Waals surface area contributed by atoms with Gasteiger partial charge in [-0.3, -0.25) is 0 Å². The van der Waals surface area contributed by atoms with Gasteiger partial charge >= 0.3 is 0 Å². The van der Waals surface area contributed by atoms with Crippen molar-refractivity contribution in [3.05, 3.63) is 198 Å². The molecule has 1 aliphatic rings. The Balaban J connectivity index is 1.12. The van der Waals surface area contributed by atoms with E-state index in [2.05, 4.69) is 151 Å². The van der Waals surface area contributed by atoms with Crippen molar-refractivity contribution in [2.24, 2.45) is 9.98 Å². The Bertz CT molecular complexity index is 3340. The molecule has 270 valence electrons. The highest BCUT2D eigenvalue weighted by Gasteiger charge is 2.26. The van der Waals surface area contributed by atoms with Crippen LogP contribution in [0.4, 0.5) is 0 Å². The van der Waals surface area contributed by atoms with Crippen LogP contribution in [0.5, 0.6) is 0 Å². The molecule has 0 bridgehead atoms. The molecule has 1 aliphatic heterocycles. The van der Waals surface area contributed by atoms with Crippen LogP contribution in [0.2, 0.25) is 0 Å². The number of nitrogens with zero attached hydrogens (tertiary/aromatic N) is 2. The first-order valence-electron chi connectivity index (χ1n) is 19.3. The SMILES string of the molecule is C/C=C\C(=C/c1ccccc1)C1=NC(c2cccc3oc4c(-c5cc6ccccc6c6oc7ccccc7c56)cccc4c23)NC(c2ccc3ccccc3c2)=N1. The molecule has 5 heteroatoms. The Labute approximate surface area is 328 Å². The average molecular weight is 734 g/mol. The molecule has 11 rings (SSSR count). The van der Waals surface area contributed by atoms with Gasteiger partial charge in [0, 0.05) is 49.2 Å². The molecule has 1 atom stereocenters. The summed E-state index contributed by atoms with van der Waals surface area (Å²) in [6, 6.07) is 56.9. The molecule has 0 fully saturated rings. The lowest BCUT2D eigenvalue weighted by Crippen LogP contribution is -2.33. The minimum Gasteiger partial charge on any atom is -0.455 e. The van der Waals surface area contributed by atoms with Gasteiger partial charge in [0.05, 0.1) is 0 Å². The molecule has 10 aromatic rings. The Hall–Kier alpha value is -7.50. The predicted octanol–water partition coefficient (Wildman–Crippen LogP) is 13.6. The number of para-hydroxylation sites is 2. The van der Waals surface area contributed by atoms with E-state index in [-0.39, 0.29) is 0 Å². The van der Waals surface area contributed by atoms with Gasteiger partial charge in [0.1, 0.15) is 34.3 Å². The molecule has 0 amide bonds. The third kappa shape index (κ3) is 5.55. The van der Waals surface area contributed by atoms with Crippen molar-refractivity contribution >= 4 is 83.2 Å². The van der Waals surface area contributed by atoms with Gasteiger partial charge in [0.2, 0.25) is 0 Å². The first kappa shape index (κ1) is 32.9. The Morgan fingerprint density at radius 3 is 2.18 bits per heavy atom. The van der Waals surface area contributed by atoms with Crippen LogP contribution in [0.1, 0.15) is 29.8 Å². The molecule has 1 N–H and O–H groups in total. The topological polar surface area (TPSA) is 63.0 Å². The minimum absolute atomic E-state index is 0.457. The van der Waals surface area contributed by atoms with Gasteiger partial charge in [-0.1, -0.05) is 152 Å². The van der Waals surface area contributed by atoms with Crippen LogP contribution >= 0.6 is 0 Å². The fraction of sp³-hybridized carbons (Fsp3) is 0.0385. The van der Waals surface area contributed by atoms with Crippen molar-refractivity contribution in [3.8, 4) is 11.1 Å². The molecule has 8 aromatic carbocycles. The average Bonchev–Trinajstić information content (AvgIpc) is 3.86. The van der Waals surface area contributed by atoms with E-state index in [4.69, 9.17) is 18.8 Å². The van der Waals surface area contributed by atoms with E-state index in [1.807, 2.05) is 43.3 Å². The quantitative estimate of drug-likeness (QED) is 0.173. The summed E-state index contributed by atoms with van der Waals surface area (Å²) in [7, 11) is 0. The highest BCUT2D eigenvalue weighted by molar-refractivity contribution is 6.24. The molecule has 2 aromatic heterocycles. The number of hydrogen-bond donors (Lipinski definition) is 1. The van der Waals surface area contributed by atoms with E-state index in [1.165, 1.54) is 5.39 Å². The smallest absolute Gasteiger partial charge is 0.159 e. The van der Waals surface area contributed by atoms with E-state index in [0.29, 0.717) is 5.84 Å². The van der Waals surface area contributed by atoms with E-state index in [1.54, 1.807) is 0 Å². The van der Waals surface area contributed by atoms with Crippen molar-refractivity contribution in [2.45, 2.75) is 13.1 Å². The lowest BCUT2D eigenvalue weighted by molar-refractivity contribution is 0.663. The van der Waals surface area contributed by atoms with Crippen LogP contribution in [-0.4, -0.2) is 11.7 Å². The maximum atomic E-state index is 6.91. The largest absolute Gasteiger partial charge is 0.455 e. The molecule has 0 aliphatic carbocycles. The van der Waals surface area contributed by atoms with Crippen LogP contribution < -0.4 is 5.32 Å². The maximum Gasteiger partial charge on any atom is 0.159 e. The molecule has 0 saturated carbocycles. The molecule has 57 heavy (non-hydrogen) atoms. The second-order valence-electron chi connectivity index (χ2n) is 14.5. The second kappa shape index (κ2) is 13.4. The number of benzene rings is 8. The number of rotatable bonds is 6. The number of hydrogen-bond acceptors (Lipinski definition) is 5. The highest BCUT2D eigenvalue weighted by Crippen LogP contribution is 2.45. The normalized spacial score (nSPS) is 15.0. The summed E-state index contributed by atoms with van der Waals surface area (Å²) in [6.07, 6.45) is 5.81. The van der Waals surface area contributed by atoms with E-state index in [0.717, 1.165) is 99.3 Å². The van der Waals surface area contributed by atoms with Gasteiger partial charge < -0.3 is 14.2 Å². The van der Waals surface area contributed by atoms with Gasteiger partial charge in [-0.05, 0) is 64.6 Å². The monoisotopic (exact) mass is 733 g/mol. The zero-order valence-electron chi connectivity index (χ0n) is 31.1. The standard InChI is InChI=1S/C52H35N3O2/c1-2-14-36(29-32-15-4-3-5-16-32)50-53-51(37-28-27-33-17-6-7-18-34(33)30-37)55-52(54-50)42-24-13-26-45-46(42)41-23-12-22-39(48(41)57-45)43-31-35-19-8-9-20-38(35)49-47(43)40-21-10-11-25-44(40)56-49/h2-31,52H,1H3,(H,53,54,55)/b14-2-,36-29+. The van der Waals surface area contributed by atoms with Crippen LogP contribution in [0, 0.1) is 0 Å². The molecule has 3 heterocycles. The van der Waals surface area contributed by atoms with E-state index < -0.39 is 6.17 Å². The van der Waals surface area contributed by atoms with Crippen LogP contribution in [-0.2, 0) is 0 Å². The number of allylic oxidation sites excluding steroid dienone is 1. The Morgan fingerprint density at radius 1 is 0.579 bits per heavy atom. The van der Waals surface area contributed by atoms with Gasteiger partial charge in [-0.15, -0.1) is 0 Å². The van der Waals surface area contributed by atoms with Crippen LogP contribution in [0.25, 0.3) is 82.6 Å². The van der Waals surface area contributed by atoms with Crippen molar-refractivity contribution in [1.82, 2.24) is 5.32 Å². The maximum absolute atomic E-state index is 6.91. The van der Waals surface area contributed by atoms with Crippen molar-refractivity contribution in [2.75, 3.05) is 0 Å². The van der Waals surface area contributed by atoms with Gasteiger partial charge in [-0.2, -0.15) is 0 Å². The van der Waals surface area contributed by atoms with E-state index >= 15 is 0 Å². The summed E-state index contributed by atoms with van der Waals surface area (Å²) in [5.41, 5.74) is 9.45. The molecule has 0 saturated heterocycles. The van der Waals surface area contributed by atoms with Gasteiger partial charge in [0.15, 0.2) is 5.84 Å². The molecule has 5 nitrogen and oxygen atoms in total. The summed E-state index contributed by atoms with van der Waals surface area (Å²) >= 11 is 0. The first-order chi connectivity index (χ1) is 28.2. The lowest BCUT2D eigenvalue weighted by atomic mass is 9.93. The number of nitrogens with one attached hydrogen (secondary N) is 1. The molecule has 1 unspecified atom stereocenters. The first-order valence-corrected chi connectivity index (χ1v) is 19.3. The van der Waals surface area contributed by atoms with E-state index in [9.17, 15) is 0 Å². The fourth-order valence-electron chi connectivity index (χ4n) is 8.40. The number of fused-ring (bicyclic) bond motifs is 9. The molecular formula is C52H35N3O2. The van der Waals surface area contributed by atoms with Gasteiger partial charge in [-0.25, -0.2) is 9.98 Å². The zero-order valence-corrected chi connectivity index (χ0v) is 31.1. The third-order valence-electron chi connectivity index (χ3n) is 11.0. The summed E-state index contributed by atoms with van der Waals surface area (Å²) in [6.45, 7) is 2.03. The summed E-state index contributed by atoms with van der Waals surface area (Å²) in [4.78, 5) is 10.6. The fourth-order valence-corrected chi connectivity index (χ4v) is 8.40. The number of amidine groups is 2. The number of furan rings is 2. The minimum atomic E-state index is -0.457. The summed E-state index contributed by atoms with van der Waals surface area (Å²) in [5, 5.41) is 12.5. The van der Waals surface area contributed by atoms with Crippen LogP contribution in [0.15, 0.2) is 200 Å².